The van der Waals surface area contributed by atoms with E-state index in [-0.39, 0.29) is 5.60 Å². The van der Waals surface area contributed by atoms with E-state index in [1.165, 1.54) is 22.2 Å². The first-order valence-corrected chi connectivity index (χ1v) is 8.78. The Balaban J connectivity index is 1.58. The van der Waals surface area contributed by atoms with Crippen LogP contribution in [0.15, 0.2) is 42.5 Å². The molecule has 3 aromatic rings. The summed E-state index contributed by atoms with van der Waals surface area (Å²) in [5, 5.41) is 2.11. The Morgan fingerprint density at radius 1 is 1.21 bits per heavy atom. The molecule has 0 saturated heterocycles. The van der Waals surface area contributed by atoms with Gasteiger partial charge in [0, 0.05) is 33.6 Å². The lowest BCUT2D eigenvalue weighted by Crippen LogP contribution is -2.41. The SMILES string of the molecule is Cc1cc2c(cc1Cl)C=CC1(CCc3[nH]c4ccccc4c3C1)O2. The molecule has 120 valence electrons. The van der Waals surface area contributed by atoms with E-state index < -0.39 is 0 Å². The number of H-pyrrole nitrogens is 1. The average Bonchev–Trinajstić information content (AvgIpc) is 2.94. The van der Waals surface area contributed by atoms with E-state index >= 15 is 0 Å². The van der Waals surface area contributed by atoms with Crippen molar-refractivity contribution < 1.29 is 4.74 Å². The number of rotatable bonds is 0. The van der Waals surface area contributed by atoms with Gasteiger partial charge in [0.1, 0.15) is 11.4 Å². The minimum absolute atomic E-state index is 0.245. The monoisotopic (exact) mass is 335 g/mol. The van der Waals surface area contributed by atoms with Gasteiger partial charge in [0.05, 0.1) is 0 Å². The highest BCUT2D eigenvalue weighted by Crippen LogP contribution is 2.42. The zero-order chi connectivity index (χ0) is 16.3. The van der Waals surface area contributed by atoms with Gasteiger partial charge in [-0.2, -0.15) is 0 Å². The molecule has 24 heavy (non-hydrogen) atoms. The maximum atomic E-state index is 6.51. The van der Waals surface area contributed by atoms with Crippen LogP contribution in [0.4, 0.5) is 0 Å². The van der Waals surface area contributed by atoms with Crippen LogP contribution in [0.3, 0.4) is 0 Å². The summed E-state index contributed by atoms with van der Waals surface area (Å²) in [6.07, 6.45) is 7.31. The molecule has 1 aromatic heterocycles. The van der Waals surface area contributed by atoms with Gasteiger partial charge < -0.3 is 9.72 Å². The standard InChI is InChI=1S/C21H18ClNO/c1-13-10-20-14(11-17(13)22)6-8-21(24-20)9-7-19-16(12-21)15-4-2-3-5-18(15)23-19/h2-6,8,10-11,23H,7,9,12H2,1H3. The van der Waals surface area contributed by atoms with Crippen LogP contribution in [0.5, 0.6) is 5.75 Å². The maximum absolute atomic E-state index is 6.51. The molecular formula is C21H18ClNO. The number of hydrogen-bond acceptors (Lipinski definition) is 1. The Hall–Kier alpha value is -2.19. The zero-order valence-corrected chi connectivity index (χ0v) is 14.3. The Morgan fingerprint density at radius 2 is 2.08 bits per heavy atom. The predicted octanol–water partition coefficient (Wildman–Crippen LogP) is 5.46. The third-order valence-corrected chi connectivity index (χ3v) is 5.75. The summed E-state index contributed by atoms with van der Waals surface area (Å²) >= 11 is 6.25. The molecule has 0 amide bonds. The number of ether oxygens (including phenoxy) is 1. The summed E-state index contributed by atoms with van der Waals surface area (Å²) in [6.45, 7) is 2.02. The molecule has 1 N–H and O–H groups in total. The van der Waals surface area contributed by atoms with E-state index in [1.54, 1.807) is 0 Å². The van der Waals surface area contributed by atoms with E-state index in [9.17, 15) is 0 Å². The van der Waals surface area contributed by atoms with E-state index in [0.29, 0.717) is 0 Å². The number of benzene rings is 2. The fraction of sp³-hybridized carbons (Fsp3) is 0.238. The molecule has 2 heterocycles. The van der Waals surface area contributed by atoms with Gasteiger partial charge in [0.15, 0.2) is 0 Å². The summed E-state index contributed by atoms with van der Waals surface area (Å²) in [5.41, 5.74) is 5.87. The van der Waals surface area contributed by atoms with Crippen LogP contribution in [-0.2, 0) is 12.8 Å². The van der Waals surface area contributed by atoms with Crippen LogP contribution in [0.1, 0.15) is 28.8 Å². The first-order chi connectivity index (χ1) is 11.6. The summed E-state index contributed by atoms with van der Waals surface area (Å²) in [4.78, 5) is 3.58. The number of aryl methyl sites for hydroxylation is 2. The van der Waals surface area contributed by atoms with Crippen molar-refractivity contribution in [2.24, 2.45) is 0 Å². The van der Waals surface area contributed by atoms with Crippen molar-refractivity contribution in [2.75, 3.05) is 0 Å². The van der Waals surface area contributed by atoms with Gasteiger partial charge in [-0.3, -0.25) is 0 Å². The maximum Gasteiger partial charge on any atom is 0.132 e. The number of fused-ring (bicyclic) bond motifs is 4. The summed E-state index contributed by atoms with van der Waals surface area (Å²) in [6, 6.07) is 12.6. The van der Waals surface area contributed by atoms with Crippen molar-refractivity contribution in [1.29, 1.82) is 0 Å². The molecule has 1 aliphatic heterocycles. The van der Waals surface area contributed by atoms with Gasteiger partial charge in [0.25, 0.3) is 0 Å². The van der Waals surface area contributed by atoms with E-state index in [0.717, 1.165) is 41.2 Å². The Bertz CT molecular complexity index is 1000. The van der Waals surface area contributed by atoms with Crippen LogP contribution in [0.2, 0.25) is 5.02 Å². The molecule has 2 aromatic carbocycles. The normalized spacial score (nSPS) is 21.6. The summed E-state index contributed by atoms with van der Waals surface area (Å²) in [5.74, 6) is 0.947. The highest BCUT2D eigenvalue weighted by atomic mass is 35.5. The second-order valence-corrected chi connectivity index (χ2v) is 7.35. The van der Waals surface area contributed by atoms with Gasteiger partial charge >= 0.3 is 0 Å². The molecular weight excluding hydrogens is 318 g/mol. The minimum Gasteiger partial charge on any atom is -0.482 e. The Morgan fingerprint density at radius 3 is 3.00 bits per heavy atom. The molecule has 0 bridgehead atoms. The minimum atomic E-state index is -0.245. The third kappa shape index (κ3) is 2.03. The van der Waals surface area contributed by atoms with Gasteiger partial charge in [-0.1, -0.05) is 35.9 Å². The Labute approximate surface area is 146 Å². The van der Waals surface area contributed by atoms with Gasteiger partial charge in [-0.05, 0) is 55.2 Å². The highest BCUT2D eigenvalue weighted by Gasteiger charge is 2.38. The molecule has 1 atom stereocenters. The number of halogens is 1. The van der Waals surface area contributed by atoms with E-state index in [1.807, 2.05) is 13.0 Å². The van der Waals surface area contributed by atoms with Crippen LogP contribution in [0, 0.1) is 6.92 Å². The molecule has 2 aliphatic rings. The van der Waals surface area contributed by atoms with Crippen molar-refractivity contribution >= 4 is 28.6 Å². The molecule has 2 nitrogen and oxygen atoms in total. The van der Waals surface area contributed by atoms with E-state index in [4.69, 9.17) is 16.3 Å². The number of hydrogen-bond donors (Lipinski definition) is 1. The number of para-hydroxylation sites is 1. The second kappa shape index (κ2) is 4.90. The first-order valence-electron chi connectivity index (χ1n) is 8.40. The predicted molar refractivity (Wildman–Crippen MR) is 98.9 cm³/mol. The molecule has 3 heteroatoms. The number of nitrogens with one attached hydrogen (secondary N) is 1. The Kier molecular flexibility index (Phi) is 2.90. The molecule has 0 saturated carbocycles. The fourth-order valence-corrected chi connectivity index (χ4v) is 4.18. The van der Waals surface area contributed by atoms with Crippen molar-refractivity contribution in [3.8, 4) is 5.75 Å². The van der Waals surface area contributed by atoms with Crippen molar-refractivity contribution in [3.05, 3.63) is 69.9 Å². The average molecular weight is 336 g/mol. The van der Waals surface area contributed by atoms with Gasteiger partial charge in [-0.25, -0.2) is 0 Å². The van der Waals surface area contributed by atoms with Crippen LogP contribution >= 0.6 is 11.6 Å². The zero-order valence-electron chi connectivity index (χ0n) is 13.5. The molecule has 0 radical (unpaired) electrons. The van der Waals surface area contributed by atoms with Gasteiger partial charge in [0.2, 0.25) is 0 Å². The topological polar surface area (TPSA) is 25.0 Å². The van der Waals surface area contributed by atoms with Crippen molar-refractivity contribution in [3.63, 3.8) is 0 Å². The highest BCUT2D eigenvalue weighted by molar-refractivity contribution is 6.31. The lowest BCUT2D eigenvalue weighted by Gasteiger charge is -2.38. The quantitative estimate of drug-likeness (QED) is 0.579. The van der Waals surface area contributed by atoms with Crippen molar-refractivity contribution in [2.45, 2.75) is 31.8 Å². The molecule has 1 spiro atoms. The van der Waals surface area contributed by atoms with Crippen LogP contribution in [0.25, 0.3) is 17.0 Å². The lowest BCUT2D eigenvalue weighted by molar-refractivity contribution is 0.101. The van der Waals surface area contributed by atoms with Crippen molar-refractivity contribution in [1.82, 2.24) is 4.98 Å². The fourth-order valence-electron chi connectivity index (χ4n) is 4.01. The van der Waals surface area contributed by atoms with Crippen LogP contribution in [-0.4, -0.2) is 10.6 Å². The molecule has 5 rings (SSSR count). The van der Waals surface area contributed by atoms with E-state index in [2.05, 4.69) is 47.5 Å². The van der Waals surface area contributed by atoms with Gasteiger partial charge in [-0.15, -0.1) is 0 Å². The first kappa shape index (κ1) is 14.2. The summed E-state index contributed by atoms with van der Waals surface area (Å²) in [7, 11) is 0. The summed E-state index contributed by atoms with van der Waals surface area (Å²) < 4.78 is 6.51. The smallest absolute Gasteiger partial charge is 0.132 e. The number of aromatic amines is 1. The largest absolute Gasteiger partial charge is 0.482 e. The van der Waals surface area contributed by atoms with Crippen LogP contribution < -0.4 is 4.74 Å². The molecule has 1 aliphatic carbocycles. The third-order valence-electron chi connectivity index (χ3n) is 5.35. The lowest BCUT2D eigenvalue weighted by atomic mass is 9.80. The second-order valence-electron chi connectivity index (χ2n) is 6.94. The number of aromatic nitrogens is 1. The molecule has 1 unspecified atom stereocenters. The molecule has 0 fully saturated rings.